The molecule has 0 bridgehead atoms. The summed E-state index contributed by atoms with van der Waals surface area (Å²) in [6.45, 7) is 0.511. The minimum atomic E-state index is -0.628. The van der Waals surface area contributed by atoms with E-state index >= 15 is 0 Å². The lowest BCUT2D eigenvalue weighted by molar-refractivity contribution is 0.0599. The number of hydrogen-bond acceptors (Lipinski definition) is 6. The molecule has 0 saturated heterocycles. The van der Waals surface area contributed by atoms with Gasteiger partial charge in [-0.3, -0.25) is 0 Å². The van der Waals surface area contributed by atoms with Gasteiger partial charge in [-0.2, -0.15) is 0 Å². The molecule has 0 unspecified atom stereocenters. The highest BCUT2D eigenvalue weighted by Crippen LogP contribution is 2.36. The summed E-state index contributed by atoms with van der Waals surface area (Å²) in [4.78, 5) is 11.3. The monoisotopic (exact) mass is 242 g/mol. The van der Waals surface area contributed by atoms with Crippen molar-refractivity contribution in [3.05, 3.63) is 17.7 Å². The molecule has 0 fully saturated rings. The Balaban J connectivity index is 2.94. The van der Waals surface area contributed by atoms with E-state index in [0.29, 0.717) is 6.61 Å². The molecule has 0 radical (unpaired) electrons. The zero-order valence-corrected chi connectivity index (χ0v) is 9.60. The van der Waals surface area contributed by atoms with Crippen molar-refractivity contribution in [1.29, 1.82) is 0 Å². The van der Waals surface area contributed by atoms with E-state index in [9.17, 15) is 15.0 Å². The molecular weight excluding hydrogens is 228 g/mol. The van der Waals surface area contributed by atoms with Gasteiger partial charge in [-0.15, -0.1) is 0 Å². The van der Waals surface area contributed by atoms with Crippen LogP contribution in [0.3, 0.4) is 0 Å². The maximum absolute atomic E-state index is 11.3. The van der Waals surface area contributed by atoms with Crippen LogP contribution in [0.25, 0.3) is 0 Å². The van der Waals surface area contributed by atoms with Gasteiger partial charge in [0.2, 0.25) is 5.75 Å². The molecular formula is C11H14O6. The van der Waals surface area contributed by atoms with Crippen LogP contribution in [0.2, 0.25) is 0 Å². The number of esters is 1. The second-order valence-electron chi connectivity index (χ2n) is 3.17. The van der Waals surface area contributed by atoms with Crippen molar-refractivity contribution >= 4 is 5.97 Å². The number of carbonyl (C=O) groups is 1. The van der Waals surface area contributed by atoms with E-state index in [4.69, 9.17) is 9.47 Å². The van der Waals surface area contributed by atoms with Crippen molar-refractivity contribution in [2.45, 2.75) is 0 Å². The van der Waals surface area contributed by atoms with Crippen LogP contribution >= 0.6 is 0 Å². The molecule has 0 aliphatic heterocycles. The molecule has 94 valence electrons. The van der Waals surface area contributed by atoms with Crippen molar-refractivity contribution < 1.29 is 29.2 Å². The summed E-state index contributed by atoms with van der Waals surface area (Å²) < 4.78 is 14.4. The van der Waals surface area contributed by atoms with Crippen molar-refractivity contribution in [2.75, 3.05) is 27.4 Å². The molecule has 1 aromatic carbocycles. The van der Waals surface area contributed by atoms with Gasteiger partial charge in [-0.05, 0) is 12.1 Å². The lowest BCUT2D eigenvalue weighted by Gasteiger charge is -2.10. The van der Waals surface area contributed by atoms with Crippen LogP contribution < -0.4 is 4.74 Å². The molecule has 0 spiro atoms. The van der Waals surface area contributed by atoms with Gasteiger partial charge in [0, 0.05) is 7.11 Å². The molecule has 0 saturated carbocycles. The normalized spacial score (nSPS) is 10.0. The number of methoxy groups -OCH3 is 2. The predicted molar refractivity (Wildman–Crippen MR) is 58.5 cm³/mol. The summed E-state index contributed by atoms with van der Waals surface area (Å²) in [5.41, 5.74) is 0.0928. The number of hydrogen-bond donors (Lipinski definition) is 2. The molecule has 0 amide bonds. The smallest absolute Gasteiger partial charge is 0.338 e. The number of benzene rings is 1. The van der Waals surface area contributed by atoms with Crippen LogP contribution in [0.5, 0.6) is 17.2 Å². The number of aromatic hydroxyl groups is 2. The molecule has 6 nitrogen and oxygen atoms in total. The number of phenolic OH excluding ortho intramolecular Hbond substituents is 2. The first-order valence-corrected chi connectivity index (χ1v) is 4.86. The van der Waals surface area contributed by atoms with Gasteiger partial charge in [-0.1, -0.05) is 0 Å². The maximum atomic E-state index is 11.3. The zero-order valence-electron chi connectivity index (χ0n) is 9.60. The summed E-state index contributed by atoms with van der Waals surface area (Å²) in [7, 11) is 2.73. The standard InChI is InChI=1S/C11H14O6/c1-15-3-4-17-9-6-7(11(14)16-2)5-8(12)10(9)13/h5-6,12-13H,3-4H2,1-2H3. The second kappa shape index (κ2) is 5.95. The fourth-order valence-electron chi connectivity index (χ4n) is 1.17. The first-order valence-electron chi connectivity index (χ1n) is 4.86. The lowest BCUT2D eigenvalue weighted by atomic mass is 10.2. The van der Waals surface area contributed by atoms with Gasteiger partial charge in [0.15, 0.2) is 11.5 Å². The van der Waals surface area contributed by atoms with Crippen molar-refractivity contribution in [3.8, 4) is 17.2 Å². The summed E-state index contributed by atoms with van der Waals surface area (Å²) in [6.07, 6.45) is 0. The van der Waals surface area contributed by atoms with Crippen LogP contribution in [-0.2, 0) is 9.47 Å². The summed E-state index contributed by atoms with van der Waals surface area (Å²) in [5.74, 6) is -1.49. The average Bonchev–Trinajstić information content (AvgIpc) is 2.33. The third-order valence-corrected chi connectivity index (χ3v) is 2.02. The van der Waals surface area contributed by atoms with Crippen LogP contribution in [0.1, 0.15) is 10.4 Å². The Kier molecular flexibility index (Phi) is 4.59. The highest BCUT2D eigenvalue weighted by molar-refractivity contribution is 5.91. The van der Waals surface area contributed by atoms with Gasteiger partial charge in [0.25, 0.3) is 0 Å². The minimum Gasteiger partial charge on any atom is -0.504 e. The first kappa shape index (κ1) is 13.1. The molecule has 2 N–H and O–H groups in total. The number of carbonyl (C=O) groups excluding carboxylic acids is 1. The second-order valence-corrected chi connectivity index (χ2v) is 3.17. The number of rotatable bonds is 5. The van der Waals surface area contributed by atoms with Gasteiger partial charge in [0.05, 0.1) is 19.3 Å². The molecule has 0 aliphatic rings. The first-order chi connectivity index (χ1) is 8.10. The van der Waals surface area contributed by atoms with E-state index in [1.165, 1.54) is 20.3 Å². The molecule has 1 aromatic rings. The van der Waals surface area contributed by atoms with Crippen LogP contribution in [0, 0.1) is 0 Å². The summed E-state index contributed by atoms with van der Waals surface area (Å²) in [6, 6.07) is 2.39. The highest BCUT2D eigenvalue weighted by Gasteiger charge is 2.15. The Bertz CT molecular complexity index is 401. The third-order valence-electron chi connectivity index (χ3n) is 2.02. The Morgan fingerprint density at radius 3 is 2.53 bits per heavy atom. The number of ether oxygens (including phenoxy) is 3. The molecule has 17 heavy (non-hydrogen) atoms. The Hall–Kier alpha value is -1.95. The highest BCUT2D eigenvalue weighted by atomic mass is 16.5. The molecule has 0 aliphatic carbocycles. The van der Waals surface area contributed by atoms with E-state index in [1.807, 2.05) is 0 Å². The van der Waals surface area contributed by atoms with Gasteiger partial charge >= 0.3 is 5.97 Å². The third kappa shape index (κ3) is 3.25. The molecule has 0 heterocycles. The van der Waals surface area contributed by atoms with E-state index < -0.39 is 17.5 Å². The summed E-state index contributed by atoms with van der Waals surface area (Å²) >= 11 is 0. The summed E-state index contributed by atoms with van der Waals surface area (Å²) in [5, 5.41) is 18.9. The average molecular weight is 242 g/mol. The van der Waals surface area contributed by atoms with Crippen molar-refractivity contribution in [3.63, 3.8) is 0 Å². The fourth-order valence-corrected chi connectivity index (χ4v) is 1.17. The Morgan fingerprint density at radius 1 is 1.24 bits per heavy atom. The topological polar surface area (TPSA) is 85.2 Å². The zero-order chi connectivity index (χ0) is 12.8. The molecule has 6 heteroatoms. The van der Waals surface area contributed by atoms with Gasteiger partial charge < -0.3 is 24.4 Å². The van der Waals surface area contributed by atoms with E-state index in [0.717, 1.165) is 6.07 Å². The van der Waals surface area contributed by atoms with Crippen LogP contribution in [-0.4, -0.2) is 43.6 Å². The minimum absolute atomic E-state index is 0.00227. The van der Waals surface area contributed by atoms with Crippen molar-refractivity contribution in [2.24, 2.45) is 0 Å². The predicted octanol–water partition coefficient (Wildman–Crippen LogP) is 0.910. The van der Waals surface area contributed by atoms with Crippen LogP contribution in [0.15, 0.2) is 12.1 Å². The maximum Gasteiger partial charge on any atom is 0.338 e. The lowest BCUT2D eigenvalue weighted by Crippen LogP contribution is -2.06. The molecule has 0 atom stereocenters. The Morgan fingerprint density at radius 2 is 1.94 bits per heavy atom. The SMILES string of the molecule is COCCOc1cc(C(=O)OC)cc(O)c1O. The largest absolute Gasteiger partial charge is 0.504 e. The van der Waals surface area contributed by atoms with E-state index in [2.05, 4.69) is 4.74 Å². The van der Waals surface area contributed by atoms with Gasteiger partial charge in [-0.25, -0.2) is 4.79 Å². The van der Waals surface area contributed by atoms with E-state index in [-0.39, 0.29) is 17.9 Å². The molecule has 1 rings (SSSR count). The number of phenols is 2. The molecule has 0 aromatic heterocycles. The van der Waals surface area contributed by atoms with Gasteiger partial charge in [0.1, 0.15) is 6.61 Å². The van der Waals surface area contributed by atoms with Crippen molar-refractivity contribution in [1.82, 2.24) is 0 Å². The van der Waals surface area contributed by atoms with E-state index in [1.54, 1.807) is 0 Å². The quantitative estimate of drug-likeness (QED) is 0.453. The Labute approximate surface area is 98.3 Å². The fraction of sp³-hybridized carbons (Fsp3) is 0.364. The van der Waals surface area contributed by atoms with Crippen LogP contribution in [0.4, 0.5) is 0 Å².